The lowest BCUT2D eigenvalue weighted by Gasteiger charge is -2.27. The number of amides is 1. The molecular weight excluding hydrogens is 220 g/mol. The second-order valence-electron chi connectivity index (χ2n) is 4.47. The van der Waals surface area contributed by atoms with Crippen LogP contribution in [0, 0.1) is 6.92 Å². The van der Waals surface area contributed by atoms with Crippen molar-refractivity contribution >= 4 is 5.91 Å². The summed E-state index contributed by atoms with van der Waals surface area (Å²) in [6.45, 7) is 3.40. The van der Waals surface area contributed by atoms with Crippen molar-refractivity contribution in [1.29, 1.82) is 0 Å². The Kier molecular flexibility index (Phi) is 3.73. The summed E-state index contributed by atoms with van der Waals surface area (Å²) in [6.07, 6.45) is 3.56. The molecule has 0 aliphatic carbocycles. The molecule has 17 heavy (non-hydrogen) atoms. The smallest absolute Gasteiger partial charge is 0.295 e. The van der Waals surface area contributed by atoms with Crippen molar-refractivity contribution in [1.82, 2.24) is 20.4 Å². The highest BCUT2D eigenvalue weighted by atomic mass is 16.5. The van der Waals surface area contributed by atoms with Gasteiger partial charge in [-0.1, -0.05) is 11.6 Å². The van der Waals surface area contributed by atoms with Crippen LogP contribution in [0.2, 0.25) is 0 Å². The van der Waals surface area contributed by atoms with E-state index in [9.17, 15) is 4.79 Å². The minimum atomic E-state index is -0.186. The first-order valence-corrected chi connectivity index (χ1v) is 5.96. The van der Waals surface area contributed by atoms with E-state index in [1.165, 1.54) is 12.8 Å². The Morgan fingerprint density at radius 3 is 3.00 bits per heavy atom. The van der Waals surface area contributed by atoms with Crippen LogP contribution in [0.25, 0.3) is 0 Å². The normalized spacial score (nSPS) is 20.2. The number of hydrogen-bond acceptors (Lipinski definition) is 5. The van der Waals surface area contributed by atoms with E-state index in [1.807, 2.05) is 0 Å². The molecule has 0 bridgehead atoms. The van der Waals surface area contributed by atoms with E-state index in [2.05, 4.69) is 15.5 Å². The van der Waals surface area contributed by atoms with Gasteiger partial charge in [0.1, 0.15) is 0 Å². The third-order valence-corrected chi connectivity index (χ3v) is 2.97. The Morgan fingerprint density at radius 2 is 2.41 bits per heavy atom. The van der Waals surface area contributed by atoms with Gasteiger partial charge in [-0.2, -0.15) is 4.98 Å². The summed E-state index contributed by atoms with van der Waals surface area (Å²) in [4.78, 5) is 17.5. The largest absolute Gasteiger partial charge is 0.339 e. The minimum Gasteiger partial charge on any atom is -0.339 e. The van der Waals surface area contributed by atoms with E-state index in [4.69, 9.17) is 4.52 Å². The standard InChI is InChI=1S/C11H18N4O2/c1-8-13-10(14-17-8)11(16)15(2)7-9-5-3-4-6-12-9/h9,12H,3-7H2,1-2H3. The van der Waals surface area contributed by atoms with Crippen molar-refractivity contribution < 1.29 is 9.32 Å². The summed E-state index contributed by atoms with van der Waals surface area (Å²) in [5.41, 5.74) is 0. The third kappa shape index (κ3) is 3.03. The van der Waals surface area contributed by atoms with E-state index >= 15 is 0 Å². The highest BCUT2D eigenvalue weighted by Gasteiger charge is 2.21. The summed E-state index contributed by atoms with van der Waals surface area (Å²) in [5.74, 6) is 0.368. The first-order valence-electron chi connectivity index (χ1n) is 5.96. The summed E-state index contributed by atoms with van der Waals surface area (Å²) >= 11 is 0. The Bertz CT molecular complexity index is 385. The molecule has 0 radical (unpaired) electrons. The molecule has 1 fully saturated rings. The Morgan fingerprint density at radius 1 is 1.59 bits per heavy atom. The van der Waals surface area contributed by atoms with Crippen molar-refractivity contribution in [3.63, 3.8) is 0 Å². The molecule has 0 spiro atoms. The number of piperidine rings is 1. The number of carbonyl (C=O) groups is 1. The molecule has 0 aromatic carbocycles. The SMILES string of the molecule is Cc1nc(C(=O)N(C)CC2CCCCN2)no1. The summed E-state index contributed by atoms with van der Waals surface area (Å²) in [6, 6.07) is 0.380. The number of likely N-dealkylation sites (N-methyl/N-ethyl adjacent to an activating group) is 1. The number of hydrogen-bond donors (Lipinski definition) is 1. The average molecular weight is 238 g/mol. The van der Waals surface area contributed by atoms with Crippen LogP contribution in [0.5, 0.6) is 0 Å². The van der Waals surface area contributed by atoms with E-state index < -0.39 is 0 Å². The van der Waals surface area contributed by atoms with Crippen LogP contribution in [-0.2, 0) is 0 Å². The van der Waals surface area contributed by atoms with Crippen molar-refractivity contribution in [3.05, 3.63) is 11.7 Å². The van der Waals surface area contributed by atoms with Gasteiger partial charge in [0.2, 0.25) is 5.89 Å². The van der Waals surface area contributed by atoms with E-state index in [-0.39, 0.29) is 11.7 Å². The fraction of sp³-hybridized carbons (Fsp3) is 0.727. The molecule has 6 heteroatoms. The zero-order chi connectivity index (χ0) is 12.3. The van der Waals surface area contributed by atoms with Crippen molar-refractivity contribution in [2.45, 2.75) is 32.2 Å². The third-order valence-electron chi connectivity index (χ3n) is 2.97. The Balaban J connectivity index is 1.90. The van der Waals surface area contributed by atoms with Crippen molar-refractivity contribution in [2.24, 2.45) is 0 Å². The van der Waals surface area contributed by atoms with E-state index in [0.29, 0.717) is 18.5 Å². The number of aromatic nitrogens is 2. The van der Waals surface area contributed by atoms with Crippen molar-refractivity contribution in [3.8, 4) is 0 Å². The summed E-state index contributed by atoms with van der Waals surface area (Å²) < 4.78 is 4.80. The zero-order valence-corrected chi connectivity index (χ0v) is 10.3. The van der Waals surface area contributed by atoms with Crippen LogP contribution >= 0.6 is 0 Å². The van der Waals surface area contributed by atoms with Crippen LogP contribution in [0.15, 0.2) is 4.52 Å². The van der Waals surface area contributed by atoms with Gasteiger partial charge in [0, 0.05) is 26.6 Å². The fourth-order valence-corrected chi connectivity index (χ4v) is 2.05. The molecule has 1 aromatic rings. The van der Waals surface area contributed by atoms with Crippen LogP contribution in [0.4, 0.5) is 0 Å². The molecule has 1 aromatic heterocycles. The second kappa shape index (κ2) is 5.27. The molecule has 6 nitrogen and oxygen atoms in total. The number of nitrogens with one attached hydrogen (secondary N) is 1. The molecule has 1 aliphatic rings. The lowest BCUT2D eigenvalue weighted by molar-refractivity contribution is 0.0760. The zero-order valence-electron chi connectivity index (χ0n) is 10.3. The molecule has 1 amide bonds. The first kappa shape index (κ1) is 12.0. The lowest BCUT2D eigenvalue weighted by Crippen LogP contribution is -2.44. The van der Waals surface area contributed by atoms with Gasteiger partial charge in [-0.15, -0.1) is 0 Å². The lowest BCUT2D eigenvalue weighted by atomic mass is 10.0. The summed E-state index contributed by atoms with van der Waals surface area (Å²) in [5, 5.41) is 7.04. The number of carbonyl (C=O) groups excluding carboxylic acids is 1. The molecule has 2 heterocycles. The number of rotatable bonds is 3. The van der Waals surface area contributed by atoms with Crippen molar-refractivity contribution in [2.75, 3.05) is 20.1 Å². The fourth-order valence-electron chi connectivity index (χ4n) is 2.05. The average Bonchev–Trinajstić information content (AvgIpc) is 2.76. The predicted octanol–water partition coefficient (Wildman–Crippen LogP) is 0.592. The molecule has 0 saturated carbocycles. The summed E-state index contributed by atoms with van der Waals surface area (Å²) in [7, 11) is 1.77. The van der Waals surface area contributed by atoms with Gasteiger partial charge in [-0.25, -0.2) is 0 Å². The minimum absolute atomic E-state index is 0.140. The number of nitrogens with zero attached hydrogens (tertiary/aromatic N) is 3. The van der Waals surface area contributed by atoms with Crippen LogP contribution in [0.1, 0.15) is 35.8 Å². The molecular formula is C11H18N4O2. The highest BCUT2D eigenvalue weighted by Crippen LogP contribution is 2.09. The van der Waals surface area contributed by atoms with Crippen LogP contribution in [0.3, 0.4) is 0 Å². The van der Waals surface area contributed by atoms with Gasteiger partial charge < -0.3 is 14.7 Å². The number of aryl methyl sites for hydroxylation is 1. The van der Waals surface area contributed by atoms with Gasteiger partial charge in [-0.3, -0.25) is 4.79 Å². The maximum Gasteiger partial charge on any atom is 0.295 e. The molecule has 1 unspecified atom stereocenters. The van der Waals surface area contributed by atoms with Gasteiger partial charge in [0.15, 0.2) is 0 Å². The monoisotopic (exact) mass is 238 g/mol. The van der Waals surface area contributed by atoms with Gasteiger partial charge in [0.25, 0.3) is 11.7 Å². The second-order valence-corrected chi connectivity index (χ2v) is 4.47. The predicted molar refractivity (Wildman–Crippen MR) is 61.6 cm³/mol. The van der Waals surface area contributed by atoms with Gasteiger partial charge in [-0.05, 0) is 19.4 Å². The Labute approximate surface area is 100 Å². The Hall–Kier alpha value is -1.43. The van der Waals surface area contributed by atoms with Crippen LogP contribution in [-0.4, -0.2) is 47.1 Å². The maximum absolute atomic E-state index is 11.9. The maximum atomic E-state index is 11.9. The quantitative estimate of drug-likeness (QED) is 0.834. The van der Waals surface area contributed by atoms with Crippen LogP contribution < -0.4 is 5.32 Å². The molecule has 1 N–H and O–H groups in total. The van der Waals surface area contributed by atoms with Gasteiger partial charge in [0.05, 0.1) is 0 Å². The molecule has 2 rings (SSSR count). The molecule has 94 valence electrons. The molecule has 1 saturated heterocycles. The molecule has 1 atom stereocenters. The highest BCUT2D eigenvalue weighted by molar-refractivity contribution is 5.90. The first-order chi connectivity index (χ1) is 8.16. The topological polar surface area (TPSA) is 71.3 Å². The van der Waals surface area contributed by atoms with Gasteiger partial charge >= 0.3 is 0 Å². The van der Waals surface area contributed by atoms with E-state index in [0.717, 1.165) is 13.0 Å². The molecule has 1 aliphatic heterocycles. The van der Waals surface area contributed by atoms with E-state index in [1.54, 1.807) is 18.9 Å².